The van der Waals surface area contributed by atoms with Gasteiger partial charge in [0.15, 0.2) is 11.6 Å². The predicted octanol–water partition coefficient (Wildman–Crippen LogP) is 5.28. The number of amides is 1. The van der Waals surface area contributed by atoms with Crippen molar-refractivity contribution in [2.75, 3.05) is 5.32 Å². The normalized spacial score (nSPS) is 14.1. The van der Waals surface area contributed by atoms with Crippen LogP contribution in [0.2, 0.25) is 10.0 Å². The van der Waals surface area contributed by atoms with Crippen molar-refractivity contribution in [2.45, 2.75) is 19.3 Å². The molecule has 4 rings (SSSR count). The number of benzene rings is 2. The van der Waals surface area contributed by atoms with Gasteiger partial charge in [-0.1, -0.05) is 35.3 Å². The molecule has 0 bridgehead atoms. The summed E-state index contributed by atoms with van der Waals surface area (Å²) in [7, 11) is 0. The van der Waals surface area contributed by atoms with Crippen molar-refractivity contribution < 1.29 is 14.4 Å². The fourth-order valence-electron chi connectivity index (χ4n) is 3.40. The Morgan fingerprint density at radius 3 is 2.37 bits per heavy atom. The van der Waals surface area contributed by atoms with E-state index in [4.69, 9.17) is 23.2 Å². The molecule has 1 aliphatic carbocycles. The van der Waals surface area contributed by atoms with Crippen molar-refractivity contribution in [1.82, 2.24) is 4.98 Å². The summed E-state index contributed by atoms with van der Waals surface area (Å²) in [5.41, 5.74) is 1.85. The van der Waals surface area contributed by atoms with E-state index < -0.39 is 5.91 Å². The van der Waals surface area contributed by atoms with Gasteiger partial charge in [0.25, 0.3) is 5.91 Å². The summed E-state index contributed by atoms with van der Waals surface area (Å²) in [6, 6.07) is 9.99. The average molecular weight is 401 g/mol. The Labute approximate surface area is 164 Å². The van der Waals surface area contributed by atoms with Crippen LogP contribution < -0.4 is 5.32 Å². The number of rotatable bonds is 2. The average Bonchev–Trinajstić information content (AvgIpc) is 2.96. The van der Waals surface area contributed by atoms with Crippen LogP contribution in [0, 0.1) is 0 Å². The van der Waals surface area contributed by atoms with E-state index >= 15 is 0 Å². The fraction of sp³-hybridized carbons (Fsp3) is 0.150. The van der Waals surface area contributed by atoms with Crippen LogP contribution in [0.5, 0.6) is 0 Å². The topological polar surface area (TPSA) is 79.0 Å². The maximum absolute atomic E-state index is 12.8. The second-order valence-electron chi connectivity index (χ2n) is 6.35. The van der Waals surface area contributed by atoms with Crippen LogP contribution in [0.25, 0.3) is 10.9 Å². The van der Waals surface area contributed by atoms with Gasteiger partial charge in [0, 0.05) is 23.7 Å². The molecule has 0 spiro atoms. The number of fused-ring (bicyclic) bond motifs is 3. The molecule has 2 N–H and O–H groups in total. The van der Waals surface area contributed by atoms with Crippen molar-refractivity contribution in [1.29, 1.82) is 0 Å². The van der Waals surface area contributed by atoms with E-state index in [1.807, 2.05) is 0 Å². The molecule has 27 heavy (non-hydrogen) atoms. The lowest BCUT2D eigenvalue weighted by atomic mass is 10.0. The maximum Gasteiger partial charge on any atom is 0.258 e. The van der Waals surface area contributed by atoms with Gasteiger partial charge in [-0.3, -0.25) is 14.4 Å². The minimum atomic E-state index is -0.486. The number of Topliss-reactive ketones (excluding diaryl/α,β-unsaturated/α-hetero) is 2. The summed E-state index contributed by atoms with van der Waals surface area (Å²) in [6.45, 7) is 0. The van der Waals surface area contributed by atoms with E-state index in [1.54, 1.807) is 36.4 Å². The zero-order chi connectivity index (χ0) is 19.1. The third-order valence-electron chi connectivity index (χ3n) is 4.63. The molecule has 0 atom stereocenters. The van der Waals surface area contributed by atoms with Crippen molar-refractivity contribution in [3.05, 3.63) is 63.3 Å². The molecule has 3 aromatic rings. The molecule has 2 aromatic carbocycles. The Hall–Kier alpha value is -2.63. The SMILES string of the molecule is O=C1CCCC(=O)c2c1[nH]c1cccc(NC(=O)c3c(Cl)cccc3Cl)c21. The van der Waals surface area contributed by atoms with E-state index in [9.17, 15) is 14.4 Å². The van der Waals surface area contributed by atoms with Crippen molar-refractivity contribution >= 4 is 57.3 Å². The quantitative estimate of drug-likeness (QED) is 0.574. The number of carbonyl (C=O) groups excluding carboxylic acids is 3. The summed E-state index contributed by atoms with van der Waals surface area (Å²) in [5, 5.41) is 3.77. The first kappa shape index (κ1) is 17.8. The minimum Gasteiger partial charge on any atom is -0.351 e. The monoisotopic (exact) mass is 400 g/mol. The summed E-state index contributed by atoms with van der Waals surface area (Å²) in [4.78, 5) is 40.8. The van der Waals surface area contributed by atoms with Gasteiger partial charge in [-0.05, 0) is 30.7 Å². The molecule has 1 aromatic heterocycles. The Kier molecular flexibility index (Phi) is 4.50. The molecular weight excluding hydrogens is 387 g/mol. The molecule has 5 nitrogen and oxygen atoms in total. The van der Waals surface area contributed by atoms with Crippen LogP contribution in [0.3, 0.4) is 0 Å². The van der Waals surface area contributed by atoms with E-state index in [0.29, 0.717) is 47.1 Å². The Morgan fingerprint density at radius 1 is 0.963 bits per heavy atom. The van der Waals surface area contributed by atoms with E-state index in [1.165, 1.54) is 0 Å². The molecule has 0 fully saturated rings. The summed E-state index contributed by atoms with van der Waals surface area (Å²) in [6.07, 6.45) is 1.14. The first-order chi connectivity index (χ1) is 13.0. The molecule has 0 radical (unpaired) electrons. The van der Waals surface area contributed by atoms with Crippen LogP contribution in [-0.4, -0.2) is 22.5 Å². The number of hydrogen-bond acceptors (Lipinski definition) is 3. The van der Waals surface area contributed by atoms with Crippen LogP contribution in [0.15, 0.2) is 36.4 Å². The first-order valence-corrected chi connectivity index (χ1v) is 9.19. The van der Waals surface area contributed by atoms with Crippen molar-refractivity contribution in [3.63, 3.8) is 0 Å². The van der Waals surface area contributed by atoms with Gasteiger partial charge < -0.3 is 10.3 Å². The lowest BCUT2D eigenvalue weighted by molar-refractivity contribution is 0.0976. The highest BCUT2D eigenvalue weighted by Crippen LogP contribution is 2.34. The van der Waals surface area contributed by atoms with Crippen LogP contribution in [-0.2, 0) is 0 Å². The van der Waals surface area contributed by atoms with Crippen molar-refractivity contribution in [3.8, 4) is 0 Å². The number of aromatic amines is 1. The van der Waals surface area contributed by atoms with Gasteiger partial charge in [-0.2, -0.15) is 0 Å². The smallest absolute Gasteiger partial charge is 0.258 e. The lowest BCUT2D eigenvalue weighted by Gasteiger charge is -2.10. The number of nitrogens with one attached hydrogen (secondary N) is 2. The zero-order valence-corrected chi connectivity index (χ0v) is 15.6. The molecular formula is C20H14Cl2N2O3. The second kappa shape index (κ2) is 6.83. The maximum atomic E-state index is 12.8. The van der Waals surface area contributed by atoms with Gasteiger partial charge in [-0.25, -0.2) is 0 Å². The highest BCUT2D eigenvalue weighted by atomic mass is 35.5. The van der Waals surface area contributed by atoms with Crippen molar-refractivity contribution in [2.24, 2.45) is 0 Å². The summed E-state index contributed by atoms with van der Waals surface area (Å²) >= 11 is 12.2. The predicted molar refractivity (Wildman–Crippen MR) is 105 cm³/mol. The molecule has 0 saturated heterocycles. The third kappa shape index (κ3) is 3.03. The zero-order valence-electron chi connectivity index (χ0n) is 14.1. The molecule has 0 aliphatic heterocycles. The third-order valence-corrected chi connectivity index (χ3v) is 5.26. The van der Waals surface area contributed by atoms with Crippen LogP contribution >= 0.6 is 23.2 Å². The Balaban J connectivity index is 1.85. The second-order valence-corrected chi connectivity index (χ2v) is 7.17. The fourth-order valence-corrected chi connectivity index (χ4v) is 3.97. The van der Waals surface area contributed by atoms with E-state index in [-0.39, 0.29) is 27.2 Å². The molecule has 7 heteroatoms. The number of anilines is 1. The molecule has 0 unspecified atom stereocenters. The minimum absolute atomic E-state index is 0.0986. The number of halogens is 2. The van der Waals surface area contributed by atoms with Gasteiger partial charge in [-0.15, -0.1) is 0 Å². The molecule has 1 amide bonds. The number of aromatic nitrogens is 1. The number of ketones is 2. The standard InChI is InChI=1S/C20H14Cl2N2O3/c21-10-4-1-5-11(22)16(10)20(27)24-13-7-2-6-12-17(13)18-14(25)8-3-9-15(26)19(18)23-12/h1-2,4-7,23H,3,8-9H2,(H,24,27). The molecule has 1 aliphatic rings. The van der Waals surface area contributed by atoms with Crippen LogP contribution in [0.1, 0.15) is 50.5 Å². The molecule has 1 heterocycles. The first-order valence-electron chi connectivity index (χ1n) is 8.44. The highest BCUT2D eigenvalue weighted by molar-refractivity contribution is 6.40. The summed E-state index contributed by atoms with van der Waals surface area (Å²) < 4.78 is 0. The summed E-state index contributed by atoms with van der Waals surface area (Å²) in [5.74, 6) is -0.696. The number of H-pyrrole nitrogens is 1. The Morgan fingerprint density at radius 2 is 1.63 bits per heavy atom. The number of hydrogen-bond donors (Lipinski definition) is 2. The highest BCUT2D eigenvalue weighted by Gasteiger charge is 2.28. The van der Waals surface area contributed by atoms with Crippen LogP contribution in [0.4, 0.5) is 5.69 Å². The van der Waals surface area contributed by atoms with Gasteiger partial charge in [0.1, 0.15) is 0 Å². The molecule has 136 valence electrons. The van der Waals surface area contributed by atoms with Gasteiger partial charge in [0.2, 0.25) is 0 Å². The number of carbonyl (C=O) groups is 3. The lowest BCUT2D eigenvalue weighted by Crippen LogP contribution is -2.14. The van der Waals surface area contributed by atoms with Gasteiger partial charge >= 0.3 is 0 Å². The Bertz CT molecular complexity index is 1100. The largest absolute Gasteiger partial charge is 0.351 e. The van der Waals surface area contributed by atoms with E-state index in [2.05, 4.69) is 10.3 Å². The molecule has 0 saturated carbocycles. The van der Waals surface area contributed by atoms with Gasteiger partial charge in [0.05, 0.1) is 32.6 Å². The van der Waals surface area contributed by atoms with E-state index in [0.717, 1.165) is 0 Å².